The highest BCUT2D eigenvalue weighted by molar-refractivity contribution is 6.79. The lowest BCUT2D eigenvalue weighted by molar-refractivity contribution is 0.0719. The van der Waals surface area contributed by atoms with E-state index in [9.17, 15) is 4.79 Å². The maximum atomic E-state index is 10.8. The Morgan fingerprint density at radius 3 is 2.17 bits per heavy atom. The fourth-order valence-corrected chi connectivity index (χ4v) is 4.11. The predicted octanol–water partition coefficient (Wildman–Crippen LogP) is 5.07. The lowest BCUT2D eigenvalue weighted by atomic mass is 10.1. The molecule has 0 fully saturated rings. The highest BCUT2D eigenvalue weighted by atomic mass is 28.3. The van der Waals surface area contributed by atoms with Crippen molar-refractivity contribution in [3.8, 4) is 0 Å². The summed E-state index contributed by atoms with van der Waals surface area (Å²) in [7, 11) is -1.64. The number of hydrogen-bond donors (Lipinski definition) is 1. The molecule has 0 spiro atoms. The monoisotopic (exact) mass is 274 g/mol. The first-order chi connectivity index (χ1) is 8.32. The quantitative estimate of drug-likeness (QED) is 0.363. The highest BCUT2D eigenvalue weighted by Crippen LogP contribution is 2.29. The molecule has 0 amide bonds. The molecule has 0 aliphatic carbocycles. The summed E-state index contributed by atoms with van der Waals surface area (Å²) in [6.07, 6.45) is 5.82. The summed E-state index contributed by atoms with van der Waals surface area (Å²) in [6, 6.07) is 0. The molecule has 0 aliphatic rings. The Kier molecular flexibility index (Phi) is 8.32. The summed E-state index contributed by atoms with van der Waals surface area (Å²) < 4.78 is 5.16. The van der Waals surface area contributed by atoms with E-state index in [2.05, 4.69) is 33.9 Å². The Hall–Kier alpha value is -0.513. The molecule has 1 unspecified atom stereocenters. The van der Waals surface area contributed by atoms with Crippen LogP contribution < -0.4 is 0 Å². The number of ether oxygens (including phenoxy) is 1. The molecule has 0 aromatic heterocycles. The normalized spacial score (nSPS) is 13.7. The van der Waals surface area contributed by atoms with E-state index in [1.165, 1.54) is 25.7 Å². The Labute approximate surface area is 113 Å². The number of carbonyl (C=O) groups is 1. The molecule has 1 N–H and O–H groups in total. The van der Waals surface area contributed by atoms with Crippen LogP contribution in [0.1, 0.15) is 59.3 Å². The molecule has 18 heavy (non-hydrogen) atoms. The van der Waals surface area contributed by atoms with Gasteiger partial charge >= 0.3 is 6.16 Å². The minimum Gasteiger partial charge on any atom is -0.450 e. The van der Waals surface area contributed by atoms with Crippen molar-refractivity contribution in [2.45, 2.75) is 83.7 Å². The van der Waals surface area contributed by atoms with E-state index in [1.807, 2.05) is 0 Å². The highest BCUT2D eigenvalue weighted by Gasteiger charge is 2.37. The molecule has 0 rings (SSSR count). The SMILES string of the molecule is CCCCCCCC(OC(=O)O)[Si](C)(C)C(C)C. The number of rotatable bonds is 9. The van der Waals surface area contributed by atoms with Crippen LogP contribution in [0.4, 0.5) is 4.79 Å². The molecule has 0 radical (unpaired) electrons. The van der Waals surface area contributed by atoms with Crippen LogP contribution >= 0.6 is 0 Å². The van der Waals surface area contributed by atoms with Gasteiger partial charge in [0.05, 0.1) is 13.8 Å². The third kappa shape index (κ3) is 6.43. The summed E-state index contributed by atoms with van der Waals surface area (Å²) in [5.74, 6) is 0. The average Bonchev–Trinajstić information content (AvgIpc) is 2.26. The largest absolute Gasteiger partial charge is 0.505 e. The second-order valence-electron chi connectivity index (χ2n) is 6.05. The van der Waals surface area contributed by atoms with Gasteiger partial charge in [0.15, 0.2) is 0 Å². The molecular weight excluding hydrogens is 244 g/mol. The summed E-state index contributed by atoms with van der Waals surface area (Å²) >= 11 is 0. The summed E-state index contributed by atoms with van der Waals surface area (Å²) in [5.41, 5.74) is 0.481. The lowest BCUT2D eigenvalue weighted by Gasteiger charge is -2.34. The van der Waals surface area contributed by atoms with Gasteiger partial charge in [-0.15, -0.1) is 0 Å². The molecule has 4 heteroatoms. The van der Waals surface area contributed by atoms with E-state index < -0.39 is 14.2 Å². The van der Waals surface area contributed by atoms with Gasteiger partial charge < -0.3 is 9.84 Å². The smallest absolute Gasteiger partial charge is 0.450 e. The number of unbranched alkanes of at least 4 members (excludes halogenated alkanes) is 4. The molecule has 3 nitrogen and oxygen atoms in total. The molecule has 108 valence electrons. The molecule has 0 aromatic carbocycles. The van der Waals surface area contributed by atoms with Crippen LogP contribution in [0.2, 0.25) is 18.6 Å². The zero-order valence-corrected chi connectivity index (χ0v) is 13.7. The Bertz CT molecular complexity index is 239. The van der Waals surface area contributed by atoms with Crippen molar-refractivity contribution in [1.29, 1.82) is 0 Å². The minimum atomic E-state index is -1.64. The van der Waals surface area contributed by atoms with Crippen LogP contribution in [0.5, 0.6) is 0 Å². The van der Waals surface area contributed by atoms with E-state index in [0.29, 0.717) is 5.54 Å². The Morgan fingerprint density at radius 1 is 1.17 bits per heavy atom. The molecule has 0 saturated carbocycles. The van der Waals surface area contributed by atoms with Gasteiger partial charge in [0.1, 0.15) is 0 Å². The maximum Gasteiger partial charge on any atom is 0.505 e. The topological polar surface area (TPSA) is 46.5 Å². The third-order valence-electron chi connectivity index (χ3n) is 4.13. The fourth-order valence-electron chi connectivity index (χ4n) is 2.01. The van der Waals surface area contributed by atoms with Crippen molar-refractivity contribution in [3.05, 3.63) is 0 Å². The van der Waals surface area contributed by atoms with Crippen LogP contribution in [0.3, 0.4) is 0 Å². The lowest BCUT2D eigenvalue weighted by Crippen LogP contribution is -2.46. The molecule has 0 heterocycles. The number of hydrogen-bond acceptors (Lipinski definition) is 2. The summed E-state index contributed by atoms with van der Waals surface area (Å²) in [4.78, 5) is 10.8. The van der Waals surface area contributed by atoms with E-state index in [-0.39, 0.29) is 5.73 Å². The van der Waals surface area contributed by atoms with E-state index >= 15 is 0 Å². The first-order valence-corrected chi connectivity index (χ1v) is 10.4. The van der Waals surface area contributed by atoms with Gasteiger partial charge in [-0.05, 0) is 12.0 Å². The second-order valence-corrected chi connectivity index (χ2v) is 11.5. The van der Waals surface area contributed by atoms with Gasteiger partial charge in [-0.2, -0.15) is 0 Å². The molecule has 1 atom stereocenters. The predicted molar refractivity (Wildman–Crippen MR) is 78.9 cm³/mol. The molecule has 0 aliphatic heterocycles. The van der Waals surface area contributed by atoms with Crippen molar-refractivity contribution >= 4 is 14.2 Å². The van der Waals surface area contributed by atoms with E-state index in [0.717, 1.165) is 12.8 Å². The Balaban J connectivity index is 4.28. The van der Waals surface area contributed by atoms with Crippen LogP contribution in [-0.4, -0.2) is 25.1 Å². The molecule has 0 bridgehead atoms. The first-order valence-electron chi connectivity index (χ1n) is 7.21. The van der Waals surface area contributed by atoms with Gasteiger partial charge in [-0.3, -0.25) is 0 Å². The minimum absolute atomic E-state index is 0.0587. The van der Waals surface area contributed by atoms with Gasteiger partial charge in [-0.25, -0.2) is 4.79 Å². The van der Waals surface area contributed by atoms with E-state index in [1.54, 1.807) is 0 Å². The van der Waals surface area contributed by atoms with Crippen LogP contribution in [0, 0.1) is 0 Å². The standard InChI is InChI=1S/C14H30O3Si/c1-6-7-8-9-10-11-13(17-14(15)16)18(4,5)12(2)3/h12-13H,6-11H2,1-5H3,(H,15,16). The van der Waals surface area contributed by atoms with Gasteiger partial charge in [0.25, 0.3) is 0 Å². The fraction of sp³-hybridized carbons (Fsp3) is 0.929. The van der Waals surface area contributed by atoms with Crippen molar-refractivity contribution < 1.29 is 14.6 Å². The van der Waals surface area contributed by atoms with Gasteiger partial charge in [0.2, 0.25) is 0 Å². The first kappa shape index (κ1) is 17.5. The second kappa shape index (κ2) is 8.56. The van der Waals surface area contributed by atoms with Gasteiger partial charge in [0, 0.05) is 0 Å². The number of carboxylic acid groups (broad SMARTS) is 1. The summed E-state index contributed by atoms with van der Waals surface area (Å²) in [6.45, 7) is 11.0. The average molecular weight is 274 g/mol. The van der Waals surface area contributed by atoms with Crippen molar-refractivity contribution in [3.63, 3.8) is 0 Å². The van der Waals surface area contributed by atoms with Crippen LogP contribution in [0.15, 0.2) is 0 Å². The van der Waals surface area contributed by atoms with E-state index in [4.69, 9.17) is 9.84 Å². The zero-order chi connectivity index (χ0) is 14.2. The van der Waals surface area contributed by atoms with Gasteiger partial charge in [-0.1, -0.05) is 66.0 Å². The third-order valence-corrected chi connectivity index (χ3v) is 9.17. The molecule has 0 aromatic rings. The molecule has 0 saturated heterocycles. The van der Waals surface area contributed by atoms with Crippen molar-refractivity contribution in [1.82, 2.24) is 0 Å². The van der Waals surface area contributed by atoms with Crippen molar-refractivity contribution in [2.75, 3.05) is 0 Å². The maximum absolute atomic E-state index is 10.8. The zero-order valence-electron chi connectivity index (χ0n) is 12.7. The Morgan fingerprint density at radius 2 is 1.72 bits per heavy atom. The van der Waals surface area contributed by atoms with Crippen molar-refractivity contribution in [2.24, 2.45) is 0 Å². The van der Waals surface area contributed by atoms with Crippen LogP contribution in [-0.2, 0) is 4.74 Å². The van der Waals surface area contributed by atoms with Crippen LogP contribution in [0.25, 0.3) is 0 Å². The summed E-state index contributed by atoms with van der Waals surface area (Å²) in [5, 5.41) is 8.87. The molecular formula is C14H30O3Si.